The van der Waals surface area contributed by atoms with Crippen LogP contribution in [0.4, 0.5) is 0 Å². The third-order valence-electron chi connectivity index (χ3n) is 1.60. The van der Waals surface area contributed by atoms with Gasteiger partial charge < -0.3 is 5.11 Å². The van der Waals surface area contributed by atoms with Crippen LogP contribution < -0.4 is 0 Å². The summed E-state index contributed by atoms with van der Waals surface area (Å²) < 4.78 is 1.26. The van der Waals surface area contributed by atoms with Crippen LogP contribution in [0.25, 0.3) is 5.65 Å². The van der Waals surface area contributed by atoms with Crippen LogP contribution >= 0.6 is 23.2 Å². The molecule has 2 heterocycles. The van der Waals surface area contributed by atoms with E-state index in [1.54, 1.807) is 0 Å². The molecule has 0 bridgehead atoms. The van der Waals surface area contributed by atoms with Crippen molar-refractivity contribution >= 4 is 34.8 Å². The minimum atomic E-state index is -1.16. The number of fused-ring (bicyclic) bond motifs is 1. The maximum atomic E-state index is 10.6. The summed E-state index contributed by atoms with van der Waals surface area (Å²) in [7, 11) is 0. The van der Waals surface area contributed by atoms with E-state index in [4.69, 9.17) is 28.3 Å². The number of carboxylic acid groups (broad SMARTS) is 1. The Morgan fingerprint density at radius 1 is 1.50 bits per heavy atom. The van der Waals surface area contributed by atoms with Crippen LogP contribution in [0.2, 0.25) is 10.2 Å². The normalized spacial score (nSPS) is 10.7. The van der Waals surface area contributed by atoms with E-state index in [1.165, 1.54) is 16.8 Å². The Labute approximate surface area is 87.9 Å². The summed E-state index contributed by atoms with van der Waals surface area (Å²) in [4.78, 5) is 14.4. The molecule has 0 saturated carbocycles. The smallest absolute Gasteiger partial charge is 0.354 e. The fraction of sp³-hybridized carbons (Fsp3) is 0. The summed E-state index contributed by atoms with van der Waals surface area (Å²) in [6, 6.07) is 1.21. The standard InChI is InChI=1S/C7H3Cl2N3O2/c8-3-2-10-12-5(9)1-4(7(13)14)11-6(3)12/h1-2H,(H,13,14). The number of carbonyl (C=O) groups is 1. The van der Waals surface area contributed by atoms with E-state index in [0.717, 1.165) is 0 Å². The quantitative estimate of drug-likeness (QED) is 0.760. The molecule has 0 amide bonds. The van der Waals surface area contributed by atoms with Gasteiger partial charge in [0, 0.05) is 6.07 Å². The van der Waals surface area contributed by atoms with Crippen molar-refractivity contribution in [3.05, 3.63) is 28.1 Å². The maximum absolute atomic E-state index is 10.6. The fourth-order valence-corrected chi connectivity index (χ4v) is 1.40. The Morgan fingerprint density at radius 3 is 2.86 bits per heavy atom. The minimum Gasteiger partial charge on any atom is -0.477 e. The number of carboxylic acids is 1. The van der Waals surface area contributed by atoms with Gasteiger partial charge in [0.25, 0.3) is 0 Å². The first-order valence-electron chi connectivity index (χ1n) is 3.52. The summed E-state index contributed by atoms with van der Waals surface area (Å²) >= 11 is 11.5. The van der Waals surface area contributed by atoms with Gasteiger partial charge in [0.15, 0.2) is 11.3 Å². The zero-order chi connectivity index (χ0) is 10.3. The summed E-state index contributed by atoms with van der Waals surface area (Å²) in [5.74, 6) is -1.16. The predicted octanol–water partition coefficient (Wildman–Crippen LogP) is 1.73. The molecular formula is C7H3Cl2N3O2. The number of hydrogen-bond donors (Lipinski definition) is 1. The molecule has 2 aromatic heterocycles. The van der Waals surface area contributed by atoms with Gasteiger partial charge in [0.05, 0.1) is 6.20 Å². The first kappa shape index (κ1) is 9.23. The van der Waals surface area contributed by atoms with Gasteiger partial charge >= 0.3 is 5.97 Å². The van der Waals surface area contributed by atoms with Crippen molar-refractivity contribution in [2.24, 2.45) is 0 Å². The number of aromatic nitrogens is 3. The molecule has 0 unspecified atom stereocenters. The second-order valence-electron chi connectivity index (χ2n) is 2.50. The SMILES string of the molecule is O=C(O)c1cc(Cl)n2ncc(Cl)c2n1. The second-order valence-corrected chi connectivity index (χ2v) is 3.29. The number of hydrogen-bond acceptors (Lipinski definition) is 3. The van der Waals surface area contributed by atoms with E-state index >= 15 is 0 Å². The van der Waals surface area contributed by atoms with Gasteiger partial charge in [-0.3, -0.25) is 0 Å². The lowest BCUT2D eigenvalue weighted by atomic mass is 10.4. The summed E-state index contributed by atoms with van der Waals surface area (Å²) in [6.07, 6.45) is 1.35. The Balaban J connectivity index is 2.82. The monoisotopic (exact) mass is 231 g/mol. The van der Waals surface area contributed by atoms with Crippen LogP contribution in [-0.2, 0) is 0 Å². The van der Waals surface area contributed by atoms with E-state index in [-0.39, 0.29) is 21.5 Å². The number of rotatable bonds is 1. The zero-order valence-corrected chi connectivity index (χ0v) is 8.12. The zero-order valence-electron chi connectivity index (χ0n) is 6.61. The third-order valence-corrected chi connectivity index (χ3v) is 2.14. The highest BCUT2D eigenvalue weighted by Gasteiger charge is 2.12. The number of halogens is 2. The first-order valence-corrected chi connectivity index (χ1v) is 4.28. The summed E-state index contributed by atoms with van der Waals surface area (Å²) in [5.41, 5.74) is 0.0708. The molecule has 0 atom stereocenters. The molecular weight excluding hydrogens is 229 g/mol. The van der Waals surface area contributed by atoms with Crippen LogP contribution in [0.5, 0.6) is 0 Å². The van der Waals surface area contributed by atoms with Crippen LogP contribution in [0.15, 0.2) is 12.3 Å². The Morgan fingerprint density at radius 2 is 2.21 bits per heavy atom. The molecule has 14 heavy (non-hydrogen) atoms. The number of aromatic carboxylic acids is 1. The average molecular weight is 232 g/mol. The van der Waals surface area contributed by atoms with E-state index in [2.05, 4.69) is 10.1 Å². The van der Waals surface area contributed by atoms with Crippen molar-refractivity contribution < 1.29 is 9.90 Å². The molecule has 0 aliphatic rings. The van der Waals surface area contributed by atoms with Gasteiger partial charge in [-0.15, -0.1) is 0 Å². The van der Waals surface area contributed by atoms with Gasteiger partial charge in [-0.2, -0.15) is 5.10 Å². The van der Waals surface area contributed by atoms with Crippen molar-refractivity contribution in [2.45, 2.75) is 0 Å². The van der Waals surface area contributed by atoms with E-state index in [0.29, 0.717) is 0 Å². The third kappa shape index (κ3) is 1.30. The molecule has 0 spiro atoms. The van der Waals surface area contributed by atoms with Crippen molar-refractivity contribution in [1.29, 1.82) is 0 Å². The highest BCUT2D eigenvalue weighted by Crippen LogP contribution is 2.19. The van der Waals surface area contributed by atoms with Gasteiger partial charge in [0.2, 0.25) is 0 Å². The Bertz CT molecular complexity index is 523. The van der Waals surface area contributed by atoms with Gasteiger partial charge in [-0.25, -0.2) is 14.3 Å². The average Bonchev–Trinajstić information content (AvgIpc) is 2.48. The molecule has 0 aliphatic heterocycles. The minimum absolute atomic E-state index is 0.152. The van der Waals surface area contributed by atoms with Gasteiger partial charge in [-0.05, 0) is 0 Å². The highest BCUT2D eigenvalue weighted by molar-refractivity contribution is 6.34. The predicted molar refractivity (Wildman–Crippen MR) is 50.0 cm³/mol. The summed E-state index contributed by atoms with van der Waals surface area (Å²) in [6.45, 7) is 0. The molecule has 0 aliphatic carbocycles. The second kappa shape index (κ2) is 3.11. The Hall–Kier alpha value is -1.33. The number of nitrogens with zero attached hydrogens (tertiary/aromatic N) is 3. The van der Waals surface area contributed by atoms with Crippen LogP contribution in [0, 0.1) is 0 Å². The molecule has 7 heteroatoms. The lowest BCUT2D eigenvalue weighted by Crippen LogP contribution is -2.03. The lowest BCUT2D eigenvalue weighted by Gasteiger charge is -1.98. The molecule has 1 N–H and O–H groups in total. The largest absolute Gasteiger partial charge is 0.477 e. The molecule has 0 fully saturated rings. The topological polar surface area (TPSA) is 67.5 Å². The first-order chi connectivity index (χ1) is 6.59. The fourth-order valence-electron chi connectivity index (χ4n) is 1.01. The van der Waals surface area contributed by atoms with Crippen molar-refractivity contribution in [3.8, 4) is 0 Å². The van der Waals surface area contributed by atoms with Crippen LogP contribution in [0.1, 0.15) is 10.5 Å². The molecule has 2 rings (SSSR count). The van der Waals surface area contributed by atoms with E-state index in [9.17, 15) is 4.79 Å². The summed E-state index contributed by atoms with van der Waals surface area (Å²) in [5, 5.41) is 12.9. The maximum Gasteiger partial charge on any atom is 0.354 e. The molecule has 5 nitrogen and oxygen atoms in total. The highest BCUT2D eigenvalue weighted by atomic mass is 35.5. The van der Waals surface area contributed by atoms with Gasteiger partial charge in [0.1, 0.15) is 10.2 Å². The molecule has 0 radical (unpaired) electrons. The van der Waals surface area contributed by atoms with Crippen molar-refractivity contribution in [3.63, 3.8) is 0 Å². The van der Waals surface area contributed by atoms with E-state index < -0.39 is 5.97 Å². The molecule has 0 aromatic carbocycles. The lowest BCUT2D eigenvalue weighted by molar-refractivity contribution is 0.0690. The van der Waals surface area contributed by atoms with Gasteiger partial charge in [-0.1, -0.05) is 23.2 Å². The molecule has 0 saturated heterocycles. The van der Waals surface area contributed by atoms with E-state index in [1.807, 2.05) is 0 Å². The van der Waals surface area contributed by atoms with Crippen molar-refractivity contribution in [1.82, 2.24) is 14.6 Å². The molecule has 72 valence electrons. The Kier molecular flexibility index (Phi) is 2.05. The van der Waals surface area contributed by atoms with Crippen LogP contribution in [-0.4, -0.2) is 25.7 Å². The van der Waals surface area contributed by atoms with Crippen molar-refractivity contribution in [2.75, 3.05) is 0 Å². The van der Waals surface area contributed by atoms with Crippen LogP contribution in [0.3, 0.4) is 0 Å². The molecule has 2 aromatic rings.